The fraction of sp³-hybridized carbons (Fsp3) is 0.417. The third-order valence-electron chi connectivity index (χ3n) is 4.21. The molecule has 2 N–H and O–H groups in total. The van der Waals surface area contributed by atoms with E-state index in [1.165, 1.54) is 0 Å². The molecule has 1 unspecified atom stereocenters. The molecule has 0 bridgehead atoms. The number of benzene rings is 2. The maximum atomic E-state index is 10.6. The van der Waals surface area contributed by atoms with E-state index in [4.69, 9.17) is 9.47 Å². The zero-order valence-corrected chi connectivity index (χ0v) is 18.5. The Balaban J connectivity index is 1.94. The summed E-state index contributed by atoms with van der Waals surface area (Å²) in [6.07, 6.45) is -2.03. The standard InChI is InChI=1S/C24H32O4Si/c1-29(2,3)15-14-22(25)16-24(28-18-21-12-8-5-9-13-21)23(26)19-27-17-20-10-6-4-7-11-20/h4-13,22-26H,16-19H2,1-3H3/t22?,23-,24+/m1/s1. The molecule has 0 aliphatic heterocycles. The summed E-state index contributed by atoms with van der Waals surface area (Å²) in [4.78, 5) is 0. The van der Waals surface area contributed by atoms with E-state index < -0.39 is 26.4 Å². The quantitative estimate of drug-likeness (QED) is 0.461. The van der Waals surface area contributed by atoms with Crippen molar-refractivity contribution in [1.29, 1.82) is 0 Å². The molecule has 2 aromatic carbocycles. The van der Waals surface area contributed by atoms with Gasteiger partial charge in [-0.05, 0) is 11.1 Å². The minimum atomic E-state index is -1.58. The molecule has 0 fully saturated rings. The summed E-state index contributed by atoms with van der Waals surface area (Å²) in [6, 6.07) is 19.6. The lowest BCUT2D eigenvalue weighted by Gasteiger charge is -2.24. The first-order chi connectivity index (χ1) is 13.8. The molecule has 0 heterocycles. The number of hydrogen-bond donors (Lipinski definition) is 2. The van der Waals surface area contributed by atoms with Crippen LogP contribution in [0.2, 0.25) is 19.6 Å². The molecule has 0 spiro atoms. The SMILES string of the molecule is C[Si](C)(C)C#CC(O)C[C@H](OCc1ccccc1)[C@H](O)COCc1ccccc1. The fourth-order valence-electron chi connectivity index (χ4n) is 2.67. The summed E-state index contributed by atoms with van der Waals surface area (Å²) in [6.45, 7) is 7.28. The van der Waals surface area contributed by atoms with E-state index in [9.17, 15) is 10.2 Å². The van der Waals surface area contributed by atoms with Crippen LogP contribution < -0.4 is 0 Å². The van der Waals surface area contributed by atoms with E-state index in [0.29, 0.717) is 13.2 Å². The Bertz CT molecular complexity index is 762. The van der Waals surface area contributed by atoms with Gasteiger partial charge in [0.05, 0.1) is 25.9 Å². The van der Waals surface area contributed by atoms with Crippen molar-refractivity contribution in [3.63, 3.8) is 0 Å². The molecule has 0 radical (unpaired) electrons. The zero-order chi connectivity index (χ0) is 21.1. The molecule has 4 nitrogen and oxygen atoms in total. The maximum Gasteiger partial charge on any atom is 0.129 e. The number of ether oxygens (including phenoxy) is 2. The Hall–Kier alpha value is -1.94. The molecule has 0 amide bonds. The Morgan fingerprint density at radius 1 is 0.862 bits per heavy atom. The van der Waals surface area contributed by atoms with Crippen molar-refractivity contribution in [2.24, 2.45) is 0 Å². The van der Waals surface area contributed by atoms with Crippen molar-refractivity contribution in [3.05, 3.63) is 71.8 Å². The van der Waals surface area contributed by atoms with Gasteiger partial charge in [0, 0.05) is 6.42 Å². The second-order valence-electron chi connectivity index (χ2n) is 8.17. The number of aliphatic hydroxyl groups is 2. The van der Waals surface area contributed by atoms with Crippen LogP contribution in [0.1, 0.15) is 17.5 Å². The van der Waals surface area contributed by atoms with E-state index in [1.807, 2.05) is 60.7 Å². The molecule has 0 saturated heterocycles. The van der Waals surface area contributed by atoms with Gasteiger partial charge in [0.1, 0.15) is 20.3 Å². The lowest BCUT2D eigenvalue weighted by molar-refractivity contribution is -0.0915. The van der Waals surface area contributed by atoms with Crippen LogP contribution >= 0.6 is 0 Å². The van der Waals surface area contributed by atoms with E-state index in [-0.39, 0.29) is 13.0 Å². The Morgan fingerprint density at radius 3 is 1.97 bits per heavy atom. The van der Waals surface area contributed by atoms with Gasteiger partial charge in [0.15, 0.2) is 0 Å². The molecule has 0 aliphatic rings. The molecular formula is C24H32O4Si. The second-order valence-corrected chi connectivity index (χ2v) is 12.9. The highest BCUT2D eigenvalue weighted by atomic mass is 28.3. The van der Waals surface area contributed by atoms with E-state index in [1.54, 1.807) is 0 Å². The summed E-state index contributed by atoms with van der Waals surface area (Å²) in [7, 11) is -1.58. The van der Waals surface area contributed by atoms with Crippen LogP contribution in [0.3, 0.4) is 0 Å². The van der Waals surface area contributed by atoms with Gasteiger partial charge in [0.25, 0.3) is 0 Å². The molecule has 0 saturated carbocycles. The number of hydrogen-bond acceptors (Lipinski definition) is 4. The van der Waals surface area contributed by atoms with Crippen molar-refractivity contribution >= 4 is 8.07 Å². The molecule has 2 rings (SSSR count). The normalized spacial score (nSPS) is 14.5. The highest BCUT2D eigenvalue weighted by Crippen LogP contribution is 2.13. The molecule has 2 aromatic rings. The maximum absolute atomic E-state index is 10.6. The minimum Gasteiger partial charge on any atom is -0.388 e. The molecule has 5 heteroatoms. The third kappa shape index (κ3) is 9.89. The van der Waals surface area contributed by atoms with E-state index in [2.05, 4.69) is 31.1 Å². The highest BCUT2D eigenvalue weighted by molar-refractivity contribution is 6.83. The van der Waals surface area contributed by atoms with Crippen LogP contribution in [0.5, 0.6) is 0 Å². The van der Waals surface area contributed by atoms with Crippen molar-refractivity contribution in [1.82, 2.24) is 0 Å². The zero-order valence-electron chi connectivity index (χ0n) is 17.5. The van der Waals surface area contributed by atoms with Crippen molar-refractivity contribution < 1.29 is 19.7 Å². The average Bonchev–Trinajstić information content (AvgIpc) is 2.70. The topological polar surface area (TPSA) is 58.9 Å². The molecule has 156 valence electrons. The van der Waals surface area contributed by atoms with Crippen LogP contribution in [0, 0.1) is 11.5 Å². The molecule has 3 atom stereocenters. The van der Waals surface area contributed by atoms with Gasteiger partial charge in [0.2, 0.25) is 0 Å². The lowest BCUT2D eigenvalue weighted by atomic mass is 10.1. The van der Waals surface area contributed by atoms with Gasteiger partial charge in [-0.15, -0.1) is 5.54 Å². The summed E-state index contributed by atoms with van der Waals surface area (Å²) in [5.74, 6) is 2.92. The van der Waals surface area contributed by atoms with Crippen molar-refractivity contribution in [2.45, 2.75) is 57.6 Å². The van der Waals surface area contributed by atoms with Crippen LogP contribution in [0.15, 0.2) is 60.7 Å². The monoisotopic (exact) mass is 412 g/mol. The lowest BCUT2D eigenvalue weighted by Crippen LogP contribution is -2.36. The Labute approximate surface area is 175 Å². The number of aliphatic hydroxyl groups excluding tert-OH is 2. The van der Waals surface area contributed by atoms with Gasteiger partial charge in [-0.3, -0.25) is 0 Å². The van der Waals surface area contributed by atoms with Crippen LogP contribution in [-0.2, 0) is 22.7 Å². The summed E-state index contributed by atoms with van der Waals surface area (Å²) >= 11 is 0. The van der Waals surface area contributed by atoms with Crippen LogP contribution in [0.4, 0.5) is 0 Å². The van der Waals surface area contributed by atoms with E-state index >= 15 is 0 Å². The van der Waals surface area contributed by atoms with Gasteiger partial charge < -0.3 is 19.7 Å². The summed E-state index contributed by atoms with van der Waals surface area (Å²) < 4.78 is 11.6. The fourth-order valence-corrected chi connectivity index (χ4v) is 3.27. The highest BCUT2D eigenvalue weighted by Gasteiger charge is 2.23. The summed E-state index contributed by atoms with van der Waals surface area (Å²) in [5.41, 5.74) is 5.23. The first kappa shape index (κ1) is 23.3. The molecule has 29 heavy (non-hydrogen) atoms. The second kappa shape index (κ2) is 11.9. The van der Waals surface area contributed by atoms with Crippen molar-refractivity contribution in [3.8, 4) is 11.5 Å². The first-order valence-electron chi connectivity index (χ1n) is 9.99. The molecule has 0 aliphatic carbocycles. The smallest absolute Gasteiger partial charge is 0.129 e. The molecular weight excluding hydrogens is 380 g/mol. The Morgan fingerprint density at radius 2 is 1.41 bits per heavy atom. The van der Waals surface area contributed by atoms with Gasteiger partial charge in [-0.1, -0.05) is 86.2 Å². The van der Waals surface area contributed by atoms with E-state index in [0.717, 1.165) is 11.1 Å². The minimum absolute atomic E-state index is 0.128. The average molecular weight is 413 g/mol. The van der Waals surface area contributed by atoms with Crippen LogP contribution in [0.25, 0.3) is 0 Å². The first-order valence-corrected chi connectivity index (χ1v) is 13.5. The van der Waals surface area contributed by atoms with Crippen molar-refractivity contribution in [2.75, 3.05) is 6.61 Å². The van der Waals surface area contributed by atoms with Crippen LogP contribution in [-0.4, -0.2) is 43.2 Å². The largest absolute Gasteiger partial charge is 0.388 e. The third-order valence-corrected chi connectivity index (χ3v) is 5.10. The predicted molar refractivity (Wildman–Crippen MR) is 119 cm³/mol. The van der Waals surface area contributed by atoms with Gasteiger partial charge in [-0.2, -0.15) is 0 Å². The van der Waals surface area contributed by atoms with Gasteiger partial charge >= 0.3 is 0 Å². The molecule has 0 aromatic heterocycles. The Kier molecular flexibility index (Phi) is 9.59. The number of rotatable bonds is 10. The predicted octanol–water partition coefficient (Wildman–Crippen LogP) is 3.78. The van der Waals surface area contributed by atoms with Gasteiger partial charge in [-0.25, -0.2) is 0 Å². The summed E-state index contributed by atoms with van der Waals surface area (Å²) in [5, 5.41) is 21.0.